The van der Waals surface area contributed by atoms with Gasteiger partial charge in [0.05, 0.1) is 11.0 Å². The van der Waals surface area contributed by atoms with E-state index in [1.54, 1.807) is 0 Å². The zero-order chi connectivity index (χ0) is 44.3. The Morgan fingerprint density at radius 1 is 0.269 bits per heavy atom. The maximum Gasteiger partial charge on any atom is 0.135 e. The molecule has 314 valence electrons. The molecule has 3 nitrogen and oxygen atoms in total. The Labute approximate surface area is 388 Å². The third-order valence-electron chi connectivity index (χ3n) is 13.4. The van der Waals surface area contributed by atoms with Gasteiger partial charge in [0.15, 0.2) is 0 Å². The van der Waals surface area contributed by atoms with Crippen molar-refractivity contribution in [3.63, 3.8) is 0 Å². The van der Waals surface area contributed by atoms with Crippen LogP contribution in [0.15, 0.2) is 259 Å². The zero-order valence-electron chi connectivity index (χ0n) is 36.6. The molecule has 0 saturated heterocycles. The predicted molar refractivity (Wildman–Crippen MR) is 282 cm³/mol. The fourth-order valence-corrected chi connectivity index (χ4v) is 10.0. The number of para-hydroxylation sites is 3. The smallest absolute Gasteiger partial charge is 0.135 e. The van der Waals surface area contributed by atoms with E-state index in [1.165, 1.54) is 71.5 Å². The van der Waals surface area contributed by atoms with E-state index in [0.717, 1.165) is 50.3 Å². The number of anilines is 3. The van der Waals surface area contributed by atoms with Crippen molar-refractivity contribution in [1.29, 1.82) is 0 Å². The fraction of sp³-hybridized carbons (Fsp3) is 0. The van der Waals surface area contributed by atoms with Gasteiger partial charge in [-0.05, 0) is 134 Å². The van der Waals surface area contributed by atoms with Crippen LogP contribution in [0.25, 0.3) is 105 Å². The molecule has 2 heterocycles. The first-order chi connectivity index (χ1) is 33.2. The van der Waals surface area contributed by atoms with Crippen molar-refractivity contribution in [2.24, 2.45) is 0 Å². The lowest BCUT2D eigenvalue weighted by Crippen LogP contribution is -2.10. The molecule has 0 amide bonds. The Kier molecular flexibility index (Phi) is 9.17. The summed E-state index contributed by atoms with van der Waals surface area (Å²) in [7, 11) is 0. The monoisotopic (exact) mass is 854 g/mol. The highest BCUT2D eigenvalue weighted by Crippen LogP contribution is 2.40. The van der Waals surface area contributed by atoms with Crippen LogP contribution in [-0.2, 0) is 0 Å². The van der Waals surface area contributed by atoms with E-state index >= 15 is 0 Å². The zero-order valence-corrected chi connectivity index (χ0v) is 36.6. The average molecular weight is 855 g/mol. The molecule has 13 aromatic rings. The summed E-state index contributed by atoms with van der Waals surface area (Å²) in [6, 6.07) is 92.0. The third-order valence-corrected chi connectivity index (χ3v) is 13.4. The summed E-state index contributed by atoms with van der Waals surface area (Å²) < 4.78 is 8.49. The van der Waals surface area contributed by atoms with Gasteiger partial charge in [-0.2, -0.15) is 0 Å². The van der Waals surface area contributed by atoms with Gasteiger partial charge in [-0.3, -0.25) is 0 Å². The predicted octanol–water partition coefficient (Wildman–Crippen LogP) is 18.0. The van der Waals surface area contributed by atoms with Gasteiger partial charge in [0.25, 0.3) is 0 Å². The quantitative estimate of drug-likeness (QED) is 0.152. The van der Waals surface area contributed by atoms with E-state index in [1.807, 2.05) is 12.1 Å². The van der Waals surface area contributed by atoms with Crippen molar-refractivity contribution in [3.8, 4) is 50.2 Å². The normalized spacial score (nSPS) is 11.6. The number of furan rings is 1. The van der Waals surface area contributed by atoms with Gasteiger partial charge in [0.1, 0.15) is 11.2 Å². The molecule has 0 unspecified atom stereocenters. The SMILES string of the molecule is c1cc(N(c2ccc(-c3ccc(-c4ccc5ccccc5c4)cc3)cc2)c2ccc(-c3ccc(-c4ccc5oc6ccccc6c5c4)cc3)cc2)cc(-n2c3ccccc3c3ccccc32)c1. The summed E-state index contributed by atoms with van der Waals surface area (Å²) in [6.45, 7) is 0. The van der Waals surface area contributed by atoms with Crippen LogP contribution in [0.1, 0.15) is 0 Å². The lowest BCUT2D eigenvalue weighted by Gasteiger charge is -2.26. The summed E-state index contributed by atoms with van der Waals surface area (Å²) in [4.78, 5) is 2.37. The van der Waals surface area contributed by atoms with Gasteiger partial charge in [-0.15, -0.1) is 0 Å². The number of nitrogens with zero attached hydrogens (tertiary/aromatic N) is 2. The van der Waals surface area contributed by atoms with E-state index in [2.05, 4.69) is 252 Å². The van der Waals surface area contributed by atoms with E-state index < -0.39 is 0 Å². The molecule has 0 aliphatic heterocycles. The van der Waals surface area contributed by atoms with Gasteiger partial charge < -0.3 is 13.9 Å². The molecule has 2 aromatic heterocycles. The van der Waals surface area contributed by atoms with Gasteiger partial charge in [0.2, 0.25) is 0 Å². The highest BCUT2D eigenvalue weighted by Gasteiger charge is 2.17. The van der Waals surface area contributed by atoms with Crippen molar-refractivity contribution < 1.29 is 4.42 Å². The minimum absolute atomic E-state index is 0.910. The molecule has 0 atom stereocenters. The molecule has 0 fully saturated rings. The second kappa shape index (κ2) is 16.0. The summed E-state index contributed by atoms with van der Waals surface area (Å²) in [5.41, 5.74) is 18.0. The van der Waals surface area contributed by atoms with Crippen LogP contribution in [-0.4, -0.2) is 4.57 Å². The highest BCUT2D eigenvalue weighted by atomic mass is 16.3. The molecule has 3 heteroatoms. The maximum absolute atomic E-state index is 6.10. The van der Waals surface area contributed by atoms with Gasteiger partial charge in [-0.25, -0.2) is 0 Å². The third kappa shape index (κ3) is 6.84. The van der Waals surface area contributed by atoms with Crippen LogP contribution >= 0.6 is 0 Å². The molecule has 0 bridgehead atoms. The van der Waals surface area contributed by atoms with Crippen LogP contribution in [0.3, 0.4) is 0 Å². The van der Waals surface area contributed by atoms with Crippen LogP contribution in [0.4, 0.5) is 17.1 Å². The number of aromatic nitrogens is 1. The topological polar surface area (TPSA) is 21.3 Å². The molecular formula is C64H42N2O. The summed E-state index contributed by atoms with van der Waals surface area (Å²) in [6.07, 6.45) is 0. The van der Waals surface area contributed by atoms with E-state index in [-0.39, 0.29) is 0 Å². The first-order valence-corrected chi connectivity index (χ1v) is 22.9. The van der Waals surface area contributed by atoms with Crippen molar-refractivity contribution >= 4 is 71.6 Å². The molecule has 0 N–H and O–H groups in total. The minimum atomic E-state index is 0.910. The summed E-state index contributed by atoms with van der Waals surface area (Å²) >= 11 is 0. The molecule has 0 spiro atoms. The maximum atomic E-state index is 6.10. The van der Waals surface area contributed by atoms with Gasteiger partial charge in [-0.1, -0.05) is 176 Å². The molecule has 13 rings (SSSR count). The Morgan fingerprint density at radius 3 is 1.33 bits per heavy atom. The number of hydrogen-bond donors (Lipinski definition) is 0. The van der Waals surface area contributed by atoms with Crippen molar-refractivity contribution in [2.75, 3.05) is 4.90 Å². The van der Waals surface area contributed by atoms with E-state index in [4.69, 9.17) is 4.42 Å². The number of rotatable bonds is 8. The second-order valence-corrected chi connectivity index (χ2v) is 17.3. The van der Waals surface area contributed by atoms with Crippen LogP contribution in [0, 0.1) is 0 Å². The van der Waals surface area contributed by atoms with Crippen LogP contribution in [0.5, 0.6) is 0 Å². The Morgan fingerprint density at radius 2 is 0.716 bits per heavy atom. The molecule has 0 radical (unpaired) electrons. The van der Waals surface area contributed by atoms with E-state index in [9.17, 15) is 0 Å². The van der Waals surface area contributed by atoms with E-state index in [0.29, 0.717) is 0 Å². The van der Waals surface area contributed by atoms with Crippen molar-refractivity contribution in [1.82, 2.24) is 4.57 Å². The first-order valence-electron chi connectivity index (χ1n) is 22.9. The number of benzene rings is 11. The number of hydrogen-bond acceptors (Lipinski definition) is 2. The molecule has 0 aliphatic carbocycles. The standard InChI is InChI=1S/C64H42N2O/c1-2-11-50-40-51(29-28-43(50)10-1)48-24-20-44(21-25-48)46-30-35-53(36-31-46)65(55-12-9-13-56(42-55)66-61-17-6-3-14-57(61)58-15-4-7-18-62(58)66)54-37-32-47(33-38-54)45-22-26-49(27-23-45)52-34-39-64-60(41-52)59-16-5-8-19-63(59)67-64/h1-42H. The molecule has 0 aliphatic rings. The summed E-state index contributed by atoms with van der Waals surface area (Å²) in [5, 5.41) is 7.28. The van der Waals surface area contributed by atoms with Gasteiger partial charge >= 0.3 is 0 Å². The van der Waals surface area contributed by atoms with Crippen LogP contribution in [0.2, 0.25) is 0 Å². The molecular weight excluding hydrogens is 813 g/mol. The summed E-state index contributed by atoms with van der Waals surface area (Å²) in [5.74, 6) is 0. The second-order valence-electron chi connectivity index (χ2n) is 17.3. The molecule has 0 saturated carbocycles. The molecule has 11 aromatic carbocycles. The first kappa shape index (κ1) is 38.5. The van der Waals surface area contributed by atoms with Gasteiger partial charge in [0, 0.05) is 44.3 Å². The van der Waals surface area contributed by atoms with Crippen LogP contribution < -0.4 is 4.90 Å². The Bertz CT molecular complexity index is 3900. The number of fused-ring (bicyclic) bond motifs is 7. The minimum Gasteiger partial charge on any atom is -0.456 e. The van der Waals surface area contributed by atoms with Crippen molar-refractivity contribution in [3.05, 3.63) is 255 Å². The lowest BCUT2D eigenvalue weighted by atomic mass is 9.98. The lowest BCUT2D eigenvalue weighted by molar-refractivity contribution is 0.669. The Balaban J connectivity index is 0.848. The fourth-order valence-electron chi connectivity index (χ4n) is 10.0. The average Bonchev–Trinajstić information content (AvgIpc) is 3.95. The largest absolute Gasteiger partial charge is 0.456 e. The highest BCUT2D eigenvalue weighted by molar-refractivity contribution is 6.09. The van der Waals surface area contributed by atoms with Crippen molar-refractivity contribution in [2.45, 2.75) is 0 Å². The Hall–Kier alpha value is -8.92. The molecule has 67 heavy (non-hydrogen) atoms.